The van der Waals surface area contributed by atoms with Crippen LogP contribution in [0.25, 0.3) is 11.0 Å². The number of para-hydroxylation sites is 1. The molecule has 0 spiro atoms. The number of aromatic hydroxyl groups is 1. The average Bonchev–Trinajstić information content (AvgIpc) is 2.28. The predicted octanol–water partition coefficient (Wildman–Crippen LogP) is 0.996. The Kier molecular flexibility index (Phi) is 2.61. The molecule has 0 bridgehead atoms. The molecule has 6 heteroatoms. The van der Waals surface area contributed by atoms with E-state index in [4.69, 9.17) is 10.2 Å². The van der Waals surface area contributed by atoms with Crippen LogP contribution in [-0.4, -0.2) is 17.4 Å². The number of carbonyl (C=O) groups is 1. The van der Waals surface area contributed by atoms with E-state index in [1.165, 1.54) is 0 Å². The fraction of sp³-hybridized carbons (Fsp3) is 0. The standard InChI is InChI=1S/C11H8N2O4/c12-11(16)13-5-7-9(14)6-3-1-2-4-8(6)17-10(7)15/h1-5,14H,(H2,12,16). The van der Waals surface area contributed by atoms with Crippen LogP contribution in [0.3, 0.4) is 0 Å². The molecular formula is C11H8N2O4. The molecule has 1 aromatic carbocycles. The molecule has 0 aliphatic carbocycles. The van der Waals surface area contributed by atoms with E-state index in [9.17, 15) is 14.7 Å². The summed E-state index contributed by atoms with van der Waals surface area (Å²) in [6.07, 6.45) is 0.885. The zero-order valence-electron chi connectivity index (χ0n) is 8.58. The van der Waals surface area contributed by atoms with Crippen LogP contribution in [0.4, 0.5) is 4.79 Å². The second-order valence-corrected chi connectivity index (χ2v) is 3.24. The number of fused-ring (bicyclic) bond motifs is 1. The summed E-state index contributed by atoms with van der Waals surface area (Å²) in [5.74, 6) is -0.290. The van der Waals surface area contributed by atoms with Gasteiger partial charge >= 0.3 is 11.7 Å². The lowest BCUT2D eigenvalue weighted by atomic mass is 10.1. The minimum Gasteiger partial charge on any atom is -0.506 e. The van der Waals surface area contributed by atoms with Gasteiger partial charge < -0.3 is 15.3 Å². The second-order valence-electron chi connectivity index (χ2n) is 3.24. The Labute approximate surface area is 95.0 Å². The number of rotatable bonds is 1. The predicted molar refractivity (Wildman–Crippen MR) is 61.3 cm³/mol. The molecule has 0 radical (unpaired) electrons. The summed E-state index contributed by atoms with van der Waals surface area (Å²) in [6, 6.07) is 5.51. The highest BCUT2D eigenvalue weighted by Gasteiger charge is 2.11. The van der Waals surface area contributed by atoms with E-state index in [0.717, 1.165) is 6.21 Å². The molecule has 3 N–H and O–H groups in total. The Morgan fingerprint density at radius 1 is 1.41 bits per heavy atom. The number of benzene rings is 1. The molecule has 0 saturated heterocycles. The molecule has 0 saturated carbocycles. The van der Waals surface area contributed by atoms with Gasteiger partial charge in [-0.3, -0.25) is 0 Å². The van der Waals surface area contributed by atoms with Gasteiger partial charge in [-0.1, -0.05) is 12.1 Å². The maximum Gasteiger partial charge on any atom is 0.348 e. The molecule has 0 fully saturated rings. The lowest BCUT2D eigenvalue weighted by molar-refractivity contribution is 0.257. The summed E-state index contributed by atoms with van der Waals surface area (Å²) in [7, 11) is 0. The van der Waals surface area contributed by atoms with Crippen LogP contribution in [0.15, 0.2) is 38.5 Å². The molecule has 1 heterocycles. The molecule has 2 aromatic rings. The van der Waals surface area contributed by atoms with Crippen LogP contribution in [-0.2, 0) is 0 Å². The summed E-state index contributed by atoms with van der Waals surface area (Å²) in [5, 5.41) is 10.2. The lowest BCUT2D eigenvalue weighted by Crippen LogP contribution is -2.10. The molecule has 2 rings (SSSR count). The summed E-state index contributed by atoms with van der Waals surface area (Å²) in [6.45, 7) is 0. The van der Waals surface area contributed by atoms with Crippen LogP contribution < -0.4 is 11.4 Å². The Hall–Kier alpha value is -2.63. The van der Waals surface area contributed by atoms with Gasteiger partial charge in [0, 0.05) is 0 Å². The molecule has 1 aromatic heterocycles. The number of nitrogens with zero attached hydrogens (tertiary/aromatic N) is 1. The second kappa shape index (κ2) is 4.09. The molecule has 6 nitrogen and oxygen atoms in total. The molecular weight excluding hydrogens is 224 g/mol. The highest BCUT2D eigenvalue weighted by molar-refractivity contribution is 5.97. The Morgan fingerprint density at radius 3 is 2.82 bits per heavy atom. The van der Waals surface area contributed by atoms with E-state index < -0.39 is 11.7 Å². The van der Waals surface area contributed by atoms with Crippen LogP contribution >= 0.6 is 0 Å². The lowest BCUT2D eigenvalue weighted by Gasteiger charge is -2.01. The van der Waals surface area contributed by atoms with Gasteiger partial charge in [-0.05, 0) is 12.1 Å². The number of primary amides is 1. The fourth-order valence-electron chi connectivity index (χ4n) is 1.39. The fourth-order valence-corrected chi connectivity index (χ4v) is 1.39. The highest BCUT2D eigenvalue weighted by atomic mass is 16.4. The van der Waals surface area contributed by atoms with Crippen LogP contribution in [0.2, 0.25) is 0 Å². The topological polar surface area (TPSA) is 106 Å². The third kappa shape index (κ3) is 2.00. The summed E-state index contributed by atoms with van der Waals surface area (Å²) in [5.41, 5.74) is 4.07. The first kappa shape index (κ1) is 10.9. The van der Waals surface area contributed by atoms with Gasteiger partial charge in [-0.2, -0.15) is 0 Å². The van der Waals surface area contributed by atoms with Crippen molar-refractivity contribution in [2.24, 2.45) is 10.7 Å². The van der Waals surface area contributed by atoms with Crippen molar-refractivity contribution < 1.29 is 14.3 Å². The number of hydrogen-bond acceptors (Lipinski definition) is 4. The van der Waals surface area contributed by atoms with Crippen molar-refractivity contribution in [2.45, 2.75) is 0 Å². The first-order chi connectivity index (χ1) is 8.09. The van der Waals surface area contributed by atoms with Crippen molar-refractivity contribution in [3.63, 3.8) is 0 Å². The van der Waals surface area contributed by atoms with Crippen molar-refractivity contribution in [2.75, 3.05) is 0 Å². The van der Waals surface area contributed by atoms with E-state index in [0.29, 0.717) is 5.39 Å². The molecule has 0 aliphatic heterocycles. The van der Waals surface area contributed by atoms with Gasteiger partial charge in [0.15, 0.2) is 0 Å². The van der Waals surface area contributed by atoms with Crippen molar-refractivity contribution in [3.05, 3.63) is 40.2 Å². The summed E-state index contributed by atoms with van der Waals surface area (Å²) in [4.78, 5) is 25.2. The number of nitrogens with two attached hydrogens (primary N) is 1. The highest BCUT2D eigenvalue weighted by Crippen LogP contribution is 2.24. The summed E-state index contributed by atoms with van der Waals surface area (Å²) < 4.78 is 4.95. The number of carbonyl (C=O) groups excluding carboxylic acids is 1. The van der Waals surface area contributed by atoms with Crippen LogP contribution in [0.1, 0.15) is 5.56 Å². The van der Waals surface area contributed by atoms with E-state index in [1.54, 1.807) is 24.3 Å². The molecule has 17 heavy (non-hydrogen) atoms. The minimum absolute atomic E-state index is 0.206. The normalized spacial score (nSPS) is 11.1. The van der Waals surface area contributed by atoms with Gasteiger partial charge in [-0.25, -0.2) is 14.6 Å². The Bertz CT molecular complexity index is 673. The zero-order valence-corrected chi connectivity index (χ0v) is 8.58. The van der Waals surface area contributed by atoms with Gasteiger partial charge in [0.25, 0.3) is 0 Å². The molecule has 2 amide bonds. The van der Waals surface area contributed by atoms with Crippen molar-refractivity contribution in [3.8, 4) is 5.75 Å². The maximum absolute atomic E-state index is 11.5. The number of hydrogen-bond donors (Lipinski definition) is 2. The Balaban J connectivity index is 2.72. The third-order valence-electron chi connectivity index (χ3n) is 2.14. The number of amides is 2. The molecule has 0 atom stereocenters. The van der Waals surface area contributed by atoms with Crippen molar-refractivity contribution in [1.29, 1.82) is 0 Å². The average molecular weight is 232 g/mol. The van der Waals surface area contributed by atoms with Gasteiger partial charge in [-0.15, -0.1) is 0 Å². The zero-order chi connectivity index (χ0) is 12.4. The smallest absolute Gasteiger partial charge is 0.348 e. The number of urea groups is 1. The van der Waals surface area contributed by atoms with Crippen LogP contribution in [0, 0.1) is 0 Å². The van der Waals surface area contributed by atoms with Crippen molar-refractivity contribution in [1.82, 2.24) is 0 Å². The van der Waals surface area contributed by atoms with Gasteiger partial charge in [0.1, 0.15) is 16.9 Å². The summed E-state index contributed by atoms with van der Waals surface area (Å²) >= 11 is 0. The Morgan fingerprint density at radius 2 is 2.12 bits per heavy atom. The van der Waals surface area contributed by atoms with Gasteiger partial charge in [0.05, 0.1) is 11.6 Å². The molecule has 0 unspecified atom stereocenters. The monoisotopic (exact) mass is 232 g/mol. The van der Waals surface area contributed by atoms with E-state index >= 15 is 0 Å². The first-order valence-electron chi connectivity index (χ1n) is 4.68. The molecule has 86 valence electrons. The maximum atomic E-state index is 11.5. The molecule has 0 aliphatic rings. The van der Waals surface area contributed by atoms with Gasteiger partial charge in [0.2, 0.25) is 0 Å². The first-order valence-corrected chi connectivity index (χ1v) is 4.68. The van der Waals surface area contributed by atoms with E-state index in [2.05, 4.69) is 4.99 Å². The van der Waals surface area contributed by atoms with E-state index in [1.807, 2.05) is 0 Å². The van der Waals surface area contributed by atoms with E-state index in [-0.39, 0.29) is 16.9 Å². The quantitative estimate of drug-likeness (QED) is 0.564. The SMILES string of the molecule is NC(=O)N=Cc1c(O)c2ccccc2oc1=O. The minimum atomic E-state index is -0.961. The number of aliphatic imine (C=N–C) groups is 1. The van der Waals surface area contributed by atoms with Crippen molar-refractivity contribution >= 4 is 23.2 Å². The van der Waals surface area contributed by atoms with Crippen LogP contribution in [0.5, 0.6) is 5.75 Å². The largest absolute Gasteiger partial charge is 0.506 e. The third-order valence-corrected chi connectivity index (χ3v) is 2.14.